The highest BCUT2D eigenvalue weighted by molar-refractivity contribution is 6.30. The number of aldehydes is 1. The van der Waals surface area contributed by atoms with Crippen LogP contribution in [0.5, 0.6) is 5.75 Å². The van der Waals surface area contributed by atoms with Crippen LogP contribution in [0.2, 0.25) is 5.02 Å². The number of carbonyl (C=O) groups is 2. The summed E-state index contributed by atoms with van der Waals surface area (Å²) < 4.78 is 21.1. The molecule has 3 aromatic rings. The van der Waals surface area contributed by atoms with E-state index in [2.05, 4.69) is 10.4 Å². The number of halogens is 2. The van der Waals surface area contributed by atoms with Crippen molar-refractivity contribution in [2.24, 2.45) is 0 Å². The van der Waals surface area contributed by atoms with E-state index in [1.165, 1.54) is 22.8 Å². The van der Waals surface area contributed by atoms with Gasteiger partial charge in [0, 0.05) is 17.1 Å². The first-order valence-electron chi connectivity index (χ1n) is 9.18. The van der Waals surface area contributed by atoms with Crippen molar-refractivity contribution in [1.82, 2.24) is 20.0 Å². The predicted molar refractivity (Wildman–Crippen MR) is 109 cm³/mol. The Morgan fingerprint density at radius 3 is 2.80 bits per heavy atom. The Kier molecular flexibility index (Phi) is 5.52. The summed E-state index contributed by atoms with van der Waals surface area (Å²) >= 11 is 6.14. The minimum atomic E-state index is -0.528. The highest BCUT2D eigenvalue weighted by Gasteiger charge is 2.29. The van der Waals surface area contributed by atoms with Crippen LogP contribution in [0, 0.1) is 5.82 Å². The smallest absolute Gasteiger partial charge is 0.275 e. The van der Waals surface area contributed by atoms with E-state index in [1.807, 2.05) is 0 Å². The van der Waals surface area contributed by atoms with Gasteiger partial charge in [-0.2, -0.15) is 5.10 Å². The van der Waals surface area contributed by atoms with Gasteiger partial charge >= 0.3 is 0 Å². The average Bonchev–Trinajstić information content (AvgIpc) is 3.40. The lowest BCUT2D eigenvalue weighted by Crippen LogP contribution is -2.30. The van der Waals surface area contributed by atoms with Crippen LogP contribution < -0.4 is 10.1 Å². The molecule has 1 N–H and O–H groups in total. The summed E-state index contributed by atoms with van der Waals surface area (Å²) in [5, 5.41) is 7.90. The molecule has 30 heavy (non-hydrogen) atoms. The zero-order valence-electron chi connectivity index (χ0n) is 16.0. The van der Waals surface area contributed by atoms with Crippen LogP contribution in [0.15, 0.2) is 48.5 Å². The standard InChI is InChI=1S/C21H18ClFN4O3/c1-30-20-16(6-3-7-17(20)23)19-9-18(21(29)26-10-14(11-28)24-12-26)25-27(19)15-5-2-4-13(22)8-15/h2-9,11,14,24H,10,12H2,1H3. The van der Waals surface area contributed by atoms with E-state index in [0.717, 1.165) is 6.29 Å². The number of benzene rings is 2. The maximum Gasteiger partial charge on any atom is 0.275 e. The van der Waals surface area contributed by atoms with Crippen molar-refractivity contribution >= 4 is 23.8 Å². The van der Waals surface area contributed by atoms with Crippen molar-refractivity contribution in [2.75, 3.05) is 20.3 Å². The third-order valence-corrected chi connectivity index (χ3v) is 5.08. The fraction of sp³-hybridized carbons (Fsp3) is 0.190. The maximum atomic E-state index is 14.3. The van der Waals surface area contributed by atoms with Crippen molar-refractivity contribution in [3.8, 4) is 22.7 Å². The Morgan fingerprint density at radius 1 is 1.30 bits per heavy atom. The van der Waals surface area contributed by atoms with Crippen LogP contribution in [-0.2, 0) is 4.79 Å². The second-order valence-corrected chi connectivity index (χ2v) is 7.20. The van der Waals surface area contributed by atoms with Gasteiger partial charge in [-0.15, -0.1) is 0 Å². The number of nitrogens with zero attached hydrogens (tertiary/aromatic N) is 3. The summed E-state index contributed by atoms with van der Waals surface area (Å²) in [5.74, 6) is -0.827. The number of hydrogen-bond acceptors (Lipinski definition) is 5. The average molecular weight is 429 g/mol. The van der Waals surface area contributed by atoms with E-state index in [-0.39, 0.29) is 30.6 Å². The molecule has 1 aromatic heterocycles. The molecule has 1 saturated heterocycles. The molecule has 0 spiro atoms. The molecule has 4 rings (SSSR count). The summed E-state index contributed by atoms with van der Waals surface area (Å²) in [4.78, 5) is 25.5. The third-order valence-electron chi connectivity index (χ3n) is 4.84. The van der Waals surface area contributed by atoms with E-state index in [4.69, 9.17) is 16.3 Å². The number of rotatable bonds is 5. The number of hydrogen-bond donors (Lipinski definition) is 1. The van der Waals surface area contributed by atoms with Crippen LogP contribution in [-0.4, -0.2) is 53.2 Å². The Balaban J connectivity index is 1.84. The first kappa shape index (κ1) is 20.1. The highest BCUT2D eigenvalue weighted by atomic mass is 35.5. The topological polar surface area (TPSA) is 76.5 Å². The number of para-hydroxylation sites is 1. The number of carbonyl (C=O) groups excluding carboxylic acids is 2. The van der Waals surface area contributed by atoms with Gasteiger partial charge in [0.2, 0.25) is 0 Å². The molecule has 1 atom stereocenters. The SMILES string of the molecule is COc1c(F)cccc1-c1cc(C(=O)N2CNC(C=O)C2)nn1-c1cccc(Cl)c1. The number of methoxy groups -OCH3 is 1. The summed E-state index contributed by atoms with van der Waals surface area (Å²) in [6.45, 7) is 0.496. The minimum absolute atomic E-state index is 0.0449. The van der Waals surface area contributed by atoms with Gasteiger partial charge in [0.1, 0.15) is 6.29 Å². The Labute approximate surface area is 177 Å². The van der Waals surface area contributed by atoms with Gasteiger partial charge in [-0.3, -0.25) is 10.1 Å². The fourth-order valence-corrected chi connectivity index (χ4v) is 3.59. The molecule has 7 nitrogen and oxygen atoms in total. The quantitative estimate of drug-likeness (QED) is 0.632. The molecule has 154 valence electrons. The van der Waals surface area contributed by atoms with Crippen LogP contribution in [0.1, 0.15) is 10.5 Å². The van der Waals surface area contributed by atoms with E-state index >= 15 is 0 Å². The summed E-state index contributed by atoms with van der Waals surface area (Å²) in [7, 11) is 1.38. The van der Waals surface area contributed by atoms with Gasteiger partial charge < -0.3 is 14.4 Å². The molecule has 0 aliphatic carbocycles. The normalized spacial score (nSPS) is 16.0. The highest BCUT2D eigenvalue weighted by Crippen LogP contribution is 2.34. The van der Waals surface area contributed by atoms with Crippen molar-refractivity contribution in [1.29, 1.82) is 0 Å². The molecule has 1 aliphatic rings. The first-order valence-corrected chi connectivity index (χ1v) is 9.56. The van der Waals surface area contributed by atoms with E-state index in [1.54, 1.807) is 42.5 Å². The molecule has 1 aliphatic heterocycles. The molecule has 1 unspecified atom stereocenters. The lowest BCUT2D eigenvalue weighted by atomic mass is 10.1. The van der Waals surface area contributed by atoms with Crippen LogP contribution in [0.3, 0.4) is 0 Å². The van der Waals surface area contributed by atoms with Gasteiger partial charge in [-0.25, -0.2) is 9.07 Å². The van der Waals surface area contributed by atoms with Gasteiger partial charge in [0.15, 0.2) is 17.3 Å². The molecule has 9 heteroatoms. The lowest BCUT2D eigenvalue weighted by Gasteiger charge is -2.12. The molecular weight excluding hydrogens is 411 g/mol. The maximum absolute atomic E-state index is 14.3. The van der Waals surface area contributed by atoms with E-state index in [0.29, 0.717) is 22.0 Å². The molecular formula is C21H18ClFN4O3. The number of ether oxygens (including phenoxy) is 1. The van der Waals surface area contributed by atoms with Crippen molar-refractivity contribution in [3.63, 3.8) is 0 Å². The molecule has 2 heterocycles. The van der Waals surface area contributed by atoms with E-state index < -0.39 is 11.9 Å². The number of nitrogens with one attached hydrogen (secondary N) is 1. The van der Waals surface area contributed by atoms with Gasteiger partial charge in [0.05, 0.1) is 31.2 Å². The molecule has 0 radical (unpaired) electrons. The molecule has 2 aromatic carbocycles. The van der Waals surface area contributed by atoms with Gasteiger partial charge in [0.25, 0.3) is 5.91 Å². The Bertz CT molecular complexity index is 1120. The molecule has 1 amide bonds. The monoisotopic (exact) mass is 428 g/mol. The molecule has 1 fully saturated rings. The zero-order chi connectivity index (χ0) is 21.3. The largest absolute Gasteiger partial charge is 0.493 e. The van der Waals surface area contributed by atoms with Crippen molar-refractivity contribution < 1.29 is 18.7 Å². The summed E-state index contributed by atoms with van der Waals surface area (Å²) in [6, 6.07) is 12.7. The second-order valence-electron chi connectivity index (χ2n) is 6.76. The fourth-order valence-electron chi connectivity index (χ4n) is 3.40. The van der Waals surface area contributed by atoms with Crippen LogP contribution in [0.25, 0.3) is 16.9 Å². The van der Waals surface area contributed by atoms with Crippen molar-refractivity contribution in [3.05, 3.63) is 65.1 Å². The Morgan fingerprint density at radius 2 is 2.10 bits per heavy atom. The molecule has 0 bridgehead atoms. The van der Waals surface area contributed by atoms with E-state index in [9.17, 15) is 14.0 Å². The number of amides is 1. The summed E-state index contributed by atoms with van der Waals surface area (Å²) in [6.07, 6.45) is 0.765. The van der Waals surface area contributed by atoms with Crippen LogP contribution in [0.4, 0.5) is 4.39 Å². The minimum Gasteiger partial charge on any atom is -0.493 e. The Hall–Kier alpha value is -3.23. The predicted octanol–water partition coefficient (Wildman–Crippen LogP) is 2.91. The zero-order valence-corrected chi connectivity index (χ0v) is 16.8. The lowest BCUT2D eigenvalue weighted by molar-refractivity contribution is -0.109. The second kappa shape index (κ2) is 8.25. The summed E-state index contributed by atoms with van der Waals surface area (Å²) in [5.41, 5.74) is 1.67. The molecule has 0 saturated carbocycles. The number of aromatic nitrogens is 2. The van der Waals surface area contributed by atoms with Crippen LogP contribution >= 0.6 is 11.6 Å². The third kappa shape index (κ3) is 3.67. The first-order chi connectivity index (χ1) is 14.5. The van der Waals surface area contributed by atoms with Gasteiger partial charge in [-0.1, -0.05) is 23.7 Å². The van der Waals surface area contributed by atoms with Gasteiger partial charge in [-0.05, 0) is 36.4 Å². The van der Waals surface area contributed by atoms with Crippen molar-refractivity contribution in [2.45, 2.75) is 6.04 Å².